The summed E-state index contributed by atoms with van der Waals surface area (Å²) in [6.07, 6.45) is -0.601. The van der Waals surface area contributed by atoms with Gasteiger partial charge in [-0.1, -0.05) is 12.2 Å². The van der Waals surface area contributed by atoms with E-state index in [0.717, 1.165) is 0 Å². The Balaban J connectivity index is 2.63. The van der Waals surface area contributed by atoms with Gasteiger partial charge in [-0.25, -0.2) is 0 Å². The fourth-order valence-corrected chi connectivity index (χ4v) is 1.37. The summed E-state index contributed by atoms with van der Waals surface area (Å²) in [6, 6.07) is 6.76. The highest BCUT2D eigenvalue weighted by Crippen LogP contribution is 2.11. The molecule has 0 heterocycles. The molecule has 90 valence electrons. The largest absolute Gasteiger partial charge is 0.497 e. The molecule has 5 nitrogen and oxygen atoms in total. The first kappa shape index (κ1) is 13.1. The molecule has 1 aromatic carbocycles. The third-order valence-electron chi connectivity index (χ3n) is 1.92. The maximum Gasteiger partial charge on any atom is 0.312 e. The first-order valence-electron chi connectivity index (χ1n) is 4.73. The van der Waals surface area contributed by atoms with Crippen LogP contribution in [0.1, 0.15) is 12.0 Å². The number of carboxylic acid groups (broad SMARTS) is 1. The number of carboxylic acids is 1. The molecule has 0 aliphatic heterocycles. The fourth-order valence-electron chi connectivity index (χ4n) is 1.12. The minimum absolute atomic E-state index is 0.193. The summed E-state index contributed by atoms with van der Waals surface area (Å²) in [6.45, 7) is 0. The summed E-state index contributed by atoms with van der Waals surface area (Å²) >= 11 is 4.96. The molecule has 0 radical (unpaired) electrons. The molecule has 17 heavy (non-hydrogen) atoms. The van der Waals surface area contributed by atoms with Crippen LogP contribution >= 0.6 is 12.2 Å². The van der Waals surface area contributed by atoms with Crippen LogP contribution in [0.25, 0.3) is 0 Å². The summed E-state index contributed by atoms with van der Waals surface area (Å²) in [5, 5.41) is 10.8. The van der Waals surface area contributed by atoms with E-state index in [4.69, 9.17) is 22.1 Å². The number of rotatable bonds is 4. The minimum Gasteiger partial charge on any atom is -0.497 e. The van der Waals surface area contributed by atoms with E-state index in [0.29, 0.717) is 11.3 Å². The quantitative estimate of drug-likeness (QED) is 0.617. The Bertz CT molecular complexity index is 441. The summed E-state index contributed by atoms with van der Waals surface area (Å²) in [5.41, 5.74) is 0.625. The number of amides is 1. The van der Waals surface area contributed by atoms with Gasteiger partial charge in [-0.3, -0.25) is 9.59 Å². The highest BCUT2D eigenvalue weighted by molar-refractivity contribution is 7.80. The van der Waals surface area contributed by atoms with E-state index in [-0.39, 0.29) is 4.99 Å². The number of carbonyl (C=O) groups excluding carboxylic acids is 1. The topological polar surface area (TPSA) is 75.6 Å². The van der Waals surface area contributed by atoms with Gasteiger partial charge in [0.05, 0.1) is 7.11 Å². The van der Waals surface area contributed by atoms with E-state index in [1.165, 1.54) is 0 Å². The van der Waals surface area contributed by atoms with Crippen LogP contribution in [0.5, 0.6) is 5.75 Å². The third kappa shape index (κ3) is 4.20. The average Bonchev–Trinajstić information content (AvgIpc) is 2.28. The van der Waals surface area contributed by atoms with Gasteiger partial charge in [0.15, 0.2) is 0 Å². The first-order valence-corrected chi connectivity index (χ1v) is 5.14. The maximum atomic E-state index is 11.2. The predicted octanol–water partition coefficient (Wildman–Crippen LogP) is 0.962. The average molecular weight is 253 g/mol. The van der Waals surface area contributed by atoms with E-state index in [2.05, 4.69) is 5.32 Å². The van der Waals surface area contributed by atoms with Crippen molar-refractivity contribution in [2.45, 2.75) is 6.42 Å². The number of aliphatic carboxylic acids is 1. The number of hydrogen-bond donors (Lipinski definition) is 2. The second kappa shape index (κ2) is 5.95. The smallest absolute Gasteiger partial charge is 0.312 e. The van der Waals surface area contributed by atoms with Gasteiger partial charge in [0, 0.05) is 5.56 Å². The molecule has 1 amide bonds. The Morgan fingerprint density at radius 3 is 2.41 bits per heavy atom. The van der Waals surface area contributed by atoms with Crippen molar-refractivity contribution in [2.24, 2.45) is 0 Å². The number of carbonyl (C=O) groups is 2. The minimum atomic E-state index is -1.19. The summed E-state index contributed by atoms with van der Waals surface area (Å²) < 4.78 is 4.97. The summed E-state index contributed by atoms with van der Waals surface area (Å²) in [5.74, 6) is -1.16. The lowest BCUT2D eigenvalue weighted by atomic mass is 10.2. The zero-order valence-electron chi connectivity index (χ0n) is 9.10. The molecular formula is C11H11NO4S. The lowest BCUT2D eigenvalue weighted by molar-refractivity contribution is -0.140. The Morgan fingerprint density at radius 1 is 1.35 bits per heavy atom. The lowest BCUT2D eigenvalue weighted by Crippen LogP contribution is -2.31. The van der Waals surface area contributed by atoms with Crippen molar-refractivity contribution in [3.8, 4) is 5.75 Å². The standard InChI is InChI=1S/C11H11NO4S/c1-16-8-4-2-7(3-5-8)11(17)12-9(13)6-10(14)15/h2-5H,6H2,1H3,(H,14,15)(H,12,13,17). The Labute approximate surface area is 103 Å². The molecule has 6 heteroatoms. The number of methoxy groups -OCH3 is 1. The van der Waals surface area contributed by atoms with Crippen LogP contribution in [0.3, 0.4) is 0 Å². The highest BCUT2D eigenvalue weighted by atomic mass is 32.1. The van der Waals surface area contributed by atoms with Gasteiger partial charge in [-0.2, -0.15) is 0 Å². The molecule has 0 saturated carbocycles. The van der Waals surface area contributed by atoms with Gasteiger partial charge in [-0.15, -0.1) is 0 Å². The molecule has 0 saturated heterocycles. The van der Waals surface area contributed by atoms with Crippen LogP contribution in [-0.2, 0) is 9.59 Å². The van der Waals surface area contributed by atoms with Gasteiger partial charge in [0.1, 0.15) is 17.2 Å². The van der Waals surface area contributed by atoms with Crippen molar-refractivity contribution in [1.82, 2.24) is 5.32 Å². The Hall–Kier alpha value is -1.95. The molecule has 1 rings (SSSR count). The zero-order valence-corrected chi connectivity index (χ0v) is 9.91. The molecule has 2 N–H and O–H groups in total. The van der Waals surface area contributed by atoms with Crippen molar-refractivity contribution in [3.05, 3.63) is 29.8 Å². The lowest BCUT2D eigenvalue weighted by Gasteiger charge is -2.06. The molecule has 0 fully saturated rings. The SMILES string of the molecule is COc1ccc(C(=S)NC(=O)CC(=O)O)cc1. The van der Waals surface area contributed by atoms with Crippen molar-refractivity contribution in [3.63, 3.8) is 0 Å². The first-order chi connectivity index (χ1) is 8.02. The molecule has 0 spiro atoms. The number of nitrogens with one attached hydrogen (secondary N) is 1. The predicted molar refractivity (Wildman–Crippen MR) is 65.1 cm³/mol. The Morgan fingerprint density at radius 2 is 1.94 bits per heavy atom. The van der Waals surface area contributed by atoms with Crippen LogP contribution in [0.15, 0.2) is 24.3 Å². The number of benzene rings is 1. The van der Waals surface area contributed by atoms with Gasteiger partial charge >= 0.3 is 5.97 Å². The van der Waals surface area contributed by atoms with Crippen molar-refractivity contribution in [2.75, 3.05) is 7.11 Å². The van der Waals surface area contributed by atoms with E-state index in [1.54, 1.807) is 31.4 Å². The van der Waals surface area contributed by atoms with E-state index < -0.39 is 18.3 Å². The Kier molecular flexibility index (Phi) is 4.59. The molecule has 0 aromatic heterocycles. The molecule has 0 bridgehead atoms. The van der Waals surface area contributed by atoms with E-state index in [9.17, 15) is 9.59 Å². The van der Waals surface area contributed by atoms with Gasteiger partial charge in [0.25, 0.3) is 0 Å². The molecule has 1 aromatic rings. The second-order valence-corrected chi connectivity index (χ2v) is 3.58. The maximum absolute atomic E-state index is 11.2. The van der Waals surface area contributed by atoms with E-state index in [1.807, 2.05) is 0 Å². The van der Waals surface area contributed by atoms with Gasteiger partial charge in [-0.05, 0) is 24.3 Å². The molecule has 0 atom stereocenters. The number of ether oxygens (including phenoxy) is 1. The van der Waals surface area contributed by atoms with Crippen LogP contribution in [0.4, 0.5) is 0 Å². The summed E-state index contributed by atoms with van der Waals surface area (Å²) in [7, 11) is 1.54. The molecule has 0 aliphatic rings. The summed E-state index contributed by atoms with van der Waals surface area (Å²) in [4.78, 5) is 21.6. The van der Waals surface area contributed by atoms with Gasteiger partial charge < -0.3 is 15.2 Å². The van der Waals surface area contributed by atoms with Crippen molar-refractivity contribution >= 4 is 29.1 Å². The zero-order chi connectivity index (χ0) is 12.8. The van der Waals surface area contributed by atoms with Crippen LogP contribution < -0.4 is 10.1 Å². The van der Waals surface area contributed by atoms with Gasteiger partial charge in [0.2, 0.25) is 5.91 Å². The second-order valence-electron chi connectivity index (χ2n) is 3.18. The third-order valence-corrected chi connectivity index (χ3v) is 2.25. The van der Waals surface area contributed by atoms with Crippen LogP contribution in [0.2, 0.25) is 0 Å². The highest BCUT2D eigenvalue weighted by Gasteiger charge is 2.10. The number of hydrogen-bond acceptors (Lipinski definition) is 4. The van der Waals surface area contributed by atoms with Crippen molar-refractivity contribution in [1.29, 1.82) is 0 Å². The van der Waals surface area contributed by atoms with Crippen LogP contribution in [-0.4, -0.2) is 29.1 Å². The molecule has 0 aliphatic carbocycles. The molecular weight excluding hydrogens is 242 g/mol. The van der Waals surface area contributed by atoms with Crippen LogP contribution in [0, 0.1) is 0 Å². The normalized spacial score (nSPS) is 9.47. The van der Waals surface area contributed by atoms with E-state index >= 15 is 0 Å². The van der Waals surface area contributed by atoms with Crippen molar-refractivity contribution < 1.29 is 19.4 Å². The molecule has 0 unspecified atom stereocenters. The monoisotopic (exact) mass is 253 g/mol. The fraction of sp³-hybridized carbons (Fsp3) is 0.182. The number of thiocarbonyl (C=S) groups is 1.